The molecule has 1 saturated heterocycles. The fourth-order valence-electron chi connectivity index (χ4n) is 2.57. The predicted molar refractivity (Wildman–Crippen MR) is 83.0 cm³/mol. The molecule has 2 rings (SSSR count). The van der Waals surface area contributed by atoms with Crippen LogP contribution in [0.2, 0.25) is 0 Å². The number of aliphatic hydroxyl groups is 1. The fourth-order valence-corrected chi connectivity index (χ4v) is 2.57. The average molecular weight is 291 g/mol. The number of nitrogens with one attached hydrogen (secondary N) is 2. The number of hydrogen-bond acceptors (Lipinski definition) is 3. The van der Waals surface area contributed by atoms with Gasteiger partial charge in [-0.15, -0.1) is 0 Å². The number of carbonyl (C=O) groups is 1. The standard InChI is InChI=1S/C16H25N3O2/c1-13(12-20)17-16(21)18-15-7-9-19(10-8-15)11-14-5-3-2-4-6-14/h2-6,13,15,20H,7-12H2,1H3,(H2,17,18,21)/t13-/m1/s1. The number of piperidine rings is 1. The van der Waals surface area contributed by atoms with Gasteiger partial charge in [0.2, 0.25) is 0 Å². The Hall–Kier alpha value is -1.59. The molecule has 21 heavy (non-hydrogen) atoms. The van der Waals surface area contributed by atoms with Crippen molar-refractivity contribution >= 4 is 6.03 Å². The van der Waals surface area contributed by atoms with Crippen molar-refractivity contribution in [1.29, 1.82) is 0 Å². The molecule has 3 N–H and O–H groups in total. The zero-order valence-electron chi connectivity index (χ0n) is 12.6. The Kier molecular flexibility index (Phi) is 6.02. The number of nitrogens with zero attached hydrogens (tertiary/aromatic N) is 1. The minimum atomic E-state index is -0.205. The van der Waals surface area contributed by atoms with E-state index in [1.54, 1.807) is 6.92 Å². The number of likely N-dealkylation sites (tertiary alicyclic amines) is 1. The molecular formula is C16H25N3O2. The topological polar surface area (TPSA) is 64.6 Å². The van der Waals surface area contributed by atoms with Gasteiger partial charge < -0.3 is 15.7 Å². The molecule has 2 amide bonds. The van der Waals surface area contributed by atoms with Crippen LogP contribution in [0.3, 0.4) is 0 Å². The highest BCUT2D eigenvalue weighted by atomic mass is 16.3. The number of carbonyl (C=O) groups excluding carboxylic acids is 1. The molecule has 1 aromatic carbocycles. The van der Waals surface area contributed by atoms with Crippen LogP contribution in [0.4, 0.5) is 4.79 Å². The molecule has 116 valence electrons. The van der Waals surface area contributed by atoms with E-state index in [-0.39, 0.29) is 24.7 Å². The molecule has 5 heteroatoms. The number of amides is 2. The summed E-state index contributed by atoms with van der Waals surface area (Å²) >= 11 is 0. The molecule has 5 nitrogen and oxygen atoms in total. The molecule has 1 heterocycles. The highest BCUT2D eigenvalue weighted by molar-refractivity contribution is 5.74. The summed E-state index contributed by atoms with van der Waals surface area (Å²) in [5.74, 6) is 0. The molecule has 1 aliphatic heterocycles. The van der Waals surface area contributed by atoms with Crippen molar-refractivity contribution in [3.8, 4) is 0 Å². The van der Waals surface area contributed by atoms with E-state index in [4.69, 9.17) is 5.11 Å². The monoisotopic (exact) mass is 291 g/mol. The summed E-state index contributed by atoms with van der Waals surface area (Å²) in [6.07, 6.45) is 1.93. The van der Waals surface area contributed by atoms with Crippen LogP contribution in [-0.2, 0) is 6.54 Å². The Morgan fingerprint density at radius 3 is 2.62 bits per heavy atom. The summed E-state index contributed by atoms with van der Waals surface area (Å²) in [4.78, 5) is 14.1. The molecule has 1 atom stereocenters. The highest BCUT2D eigenvalue weighted by Crippen LogP contribution is 2.13. The summed E-state index contributed by atoms with van der Waals surface area (Å²) in [6, 6.07) is 10.3. The van der Waals surface area contributed by atoms with Crippen molar-refractivity contribution in [3.63, 3.8) is 0 Å². The number of aliphatic hydroxyl groups excluding tert-OH is 1. The van der Waals surface area contributed by atoms with Gasteiger partial charge >= 0.3 is 6.03 Å². The SMILES string of the molecule is C[C@H](CO)NC(=O)NC1CCN(Cc2ccccc2)CC1. The van der Waals surface area contributed by atoms with Gasteiger partial charge in [-0.25, -0.2) is 4.79 Å². The lowest BCUT2D eigenvalue weighted by Crippen LogP contribution is -2.50. The van der Waals surface area contributed by atoms with Crippen molar-refractivity contribution in [1.82, 2.24) is 15.5 Å². The molecule has 1 aliphatic rings. The molecule has 1 aromatic rings. The van der Waals surface area contributed by atoms with Gasteiger partial charge in [0.15, 0.2) is 0 Å². The van der Waals surface area contributed by atoms with E-state index >= 15 is 0 Å². The molecule has 0 aliphatic carbocycles. The normalized spacial score (nSPS) is 18.2. The first-order valence-corrected chi connectivity index (χ1v) is 7.61. The van der Waals surface area contributed by atoms with Crippen molar-refractivity contribution < 1.29 is 9.90 Å². The second-order valence-corrected chi connectivity index (χ2v) is 5.74. The van der Waals surface area contributed by atoms with E-state index in [0.717, 1.165) is 32.5 Å². The van der Waals surface area contributed by atoms with E-state index in [9.17, 15) is 4.79 Å². The maximum absolute atomic E-state index is 11.7. The Morgan fingerprint density at radius 1 is 1.33 bits per heavy atom. The first-order valence-electron chi connectivity index (χ1n) is 7.61. The molecule has 0 spiro atoms. The third kappa shape index (κ3) is 5.36. The third-order valence-electron chi connectivity index (χ3n) is 3.82. The summed E-state index contributed by atoms with van der Waals surface area (Å²) < 4.78 is 0. The fraction of sp³-hybridized carbons (Fsp3) is 0.562. The van der Waals surface area contributed by atoms with E-state index < -0.39 is 0 Å². The second-order valence-electron chi connectivity index (χ2n) is 5.74. The van der Waals surface area contributed by atoms with Crippen LogP contribution in [0, 0.1) is 0 Å². The van der Waals surface area contributed by atoms with Crippen LogP contribution in [-0.4, -0.2) is 47.8 Å². The van der Waals surface area contributed by atoms with Crippen LogP contribution in [0.15, 0.2) is 30.3 Å². The van der Waals surface area contributed by atoms with Gasteiger partial charge in [-0.05, 0) is 25.3 Å². The summed E-state index contributed by atoms with van der Waals surface area (Å²) in [5, 5.41) is 14.6. The Morgan fingerprint density at radius 2 is 2.00 bits per heavy atom. The lowest BCUT2D eigenvalue weighted by atomic mass is 10.0. The Balaban J connectivity index is 1.69. The maximum Gasteiger partial charge on any atom is 0.315 e. The molecular weight excluding hydrogens is 266 g/mol. The third-order valence-corrected chi connectivity index (χ3v) is 3.82. The minimum Gasteiger partial charge on any atom is -0.394 e. The second kappa shape index (κ2) is 8.00. The molecule has 0 bridgehead atoms. The minimum absolute atomic E-state index is 0.0387. The number of benzene rings is 1. The van der Waals surface area contributed by atoms with Gasteiger partial charge in [0.25, 0.3) is 0 Å². The van der Waals surface area contributed by atoms with Crippen LogP contribution >= 0.6 is 0 Å². The first kappa shape index (κ1) is 15.8. The smallest absolute Gasteiger partial charge is 0.315 e. The van der Waals surface area contributed by atoms with Gasteiger partial charge in [-0.1, -0.05) is 30.3 Å². The first-order chi connectivity index (χ1) is 10.2. The van der Waals surface area contributed by atoms with Crippen molar-refractivity contribution in [3.05, 3.63) is 35.9 Å². The van der Waals surface area contributed by atoms with Crippen molar-refractivity contribution in [2.75, 3.05) is 19.7 Å². The van der Waals surface area contributed by atoms with Gasteiger partial charge in [-0.3, -0.25) is 4.90 Å². The number of urea groups is 1. The summed E-state index contributed by atoms with van der Waals surface area (Å²) in [7, 11) is 0. The molecule has 1 fully saturated rings. The van der Waals surface area contributed by atoms with Crippen LogP contribution in [0.1, 0.15) is 25.3 Å². The zero-order valence-corrected chi connectivity index (χ0v) is 12.6. The number of hydrogen-bond donors (Lipinski definition) is 3. The van der Waals surface area contributed by atoms with Crippen LogP contribution in [0.5, 0.6) is 0 Å². The summed E-state index contributed by atoms with van der Waals surface area (Å²) in [6.45, 7) is 4.71. The van der Waals surface area contributed by atoms with Crippen LogP contribution in [0.25, 0.3) is 0 Å². The lowest BCUT2D eigenvalue weighted by Gasteiger charge is -2.32. The van der Waals surface area contributed by atoms with Gasteiger partial charge in [0.1, 0.15) is 0 Å². The zero-order chi connectivity index (χ0) is 15.1. The van der Waals surface area contributed by atoms with Crippen molar-refractivity contribution in [2.24, 2.45) is 0 Å². The predicted octanol–water partition coefficient (Wildman–Crippen LogP) is 1.33. The van der Waals surface area contributed by atoms with E-state index in [1.807, 2.05) is 6.07 Å². The van der Waals surface area contributed by atoms with Gasteiger partial charge in [0.05, 0.1) is 12.6 Å². The van der Waals surface area contributed by atoms with E-state index in [2.05, 4.69) is 39.8 Å². The molecule has 0 saturated carbocycles. The van der Waals surface area contributed by atoms with Gasteiger partial charge in [0, 0.05) is 25.7 Å². The van der Waals surface area contributed by atoms with E-state index in [0.29, 0.717) is 0 Å². The Labute approximate surface area is 126 Å². The van der Waals surface area contributed by atoms with E-state index in [1.165, 1.54) is 5.56 Å². The quantitative estimate of drug-likeness (QED) is 0.767. The molecule has 0 aromatic heterocycles. The van der Waals surface area contributed by atoms with Gasteiger partial charge in [-0.2, -0.15) is 0 Å². The molecule has 0 unspecified atom stereocenters. The van der Waals surface area contributed by atoms with Crippen molar-refractivity contribution in [2.45, 2.75) is 38.4 Å². The summed E-state index contributed by atoms with van der Waals surface area (Å²) in [5.41, 5.74) is 1.33. The lowest BCUT2D eigenvalue weighted by molar-refractivity contribution is 0.183. The number of rotatable bonds is 5. The van der Waals surface area contributed by atoms with Crippen LogP contribution < -0.4 is 10.6 Å². The Bertz CT molecular complexity index is 430. The highest BCUT2D eigenvalue weighted by Gasteiger charge is 2.20. The average Bonchev–Trinajstić information content (AvgIpc) is 2.50. The largest absolute Gasteiger partial charge is 0.394 e. The molecule has 0 radical (unpaired) electrons. The maximum atomic E-state index is 11.7.